The number of nitrogens with one attached hydrogen (secondary N) is 1. The van der Waals surface area contributed by atoms with E-state index >= 15 is 0 Å². The van der Waals surface area contributed by atoms with Gasteiger partial charge in [-0.25, -0.2) is 4.98 Å². The molecule has 2 aromatic rings. The number of hydrogen-bond acceptors (Lipinski definition) is 4. The summed E-state index contributed by atoms with van der Waals surface area (Å²) in [6.07, 6.45) is 1.57. The SMILES string of the molecule is Cc1ccc(Oc2cccnc2NC(=O)C(C)(C)CO)cc1. The number of aromatic nitrogens is 1. The van der Waals surface area contributed by atoms with Crippen molar-refractivity contribution < 1.29 is 14.6 Å². The lowest BCUT2D eigenvalue weighted by atomic mass is 9.94. The van der Waals surface area contributed by atoms with Gasteiger partial charge in [0.2, 0.25) is 5.91 Å². The fourth-order valence-electron chi connectivity index (χ4n) is 1.65. The number of carbonyl (C=O) groups is 1. The minimum absolute atomic E-state index is 0.250. The number of pyridine rings is 1. The highest BCUT2D eigenvalue weighted by molar-refractivity contribution is 5.95. The van der Waals surface area contributed by atoms with Crippen molar-refractivity contribution in [3.8, 4) is 11.5 Å². The zero-order chi connectivity index (χ0) is 16.2. The van der Waals surface area contributed by atoms with Crippen LogP contribution in [0.4, 0.5) is 5.82 Å². The first-order chi connectivity index (χ1) is 10.4. The van der Waals surface area contributed by atoms with E-state index in [9.17, 15) is 9.90 Å². The number of anilines is 1. The van der Waals surface area contributed by atoms with Crippen LogP contribution in [0.25, 0.3) is 0 Å². The van der Waals surface area contributed by atoms with E-state index < -0.39 is 5.41 Å². The van der Waals surface area contributed by atoms with Crippen LogP contribution in [0, 0.1) is 12.3 Å². The van der Waals surface area contributed by atoms with Crippen LogP contribution in [0.1, 0.15) is 19.4 Å². The molecule has 1 aromatic carbocycles. The zero-order valence-electron chi connectivity index (χ0n) is 13.0. The number of ether oxygens (including phenoxy) is 1. The van der Waals surface area contributed by atoms with E-state index in [1.807, 2.05) is 31.2 Å². The van der Waals surface area contributed by atoms with E-state index in [-0.39, 0.29) is 12.5 Å². The van der Waals surface area contributed by atoms with Gasteiger partial charge < -0.3 is 15.2 Å². The molecule has 0 bridgehead atoms. The molecule has 2 N–H and O–H groups in total. The number of nitrogens with zero attached hydrogens (tertiary/aromatic N) is 1. The summed E-state index contributed by atoms with van der Waals surface area (Å²) in [5.74, 6) is 1.13. The standard InChI is InChI=1S/C17H20N2O3/c1-12-6-8-13(9-7-12)22-14-5-4-10-18-15(14)19-16(21)17(2,3)11-20/h4-10,20H,11H2,1-3H3,(H,18,19,21). The summed E-state index contributed by atoms with van der Waals surface area (Å²) in [5.41, 5.74) is 0.246. The first-order valence-corrected chi connectivity index (χ1v) is 7.04. The minimum Gasteiger partial charge on any atom is -0.453 e. The number of aryl methyl sites for hydroxylation is 1. The Balaban J connectivity index is 2.20. The Hall–Kier alpha value is -2.40. The fraction of sp³-hybridized carbons (Fsp3) is 0.294. The summed E-state index contributed by atoms with van der Waals surface area (Å²) in [7, 11) is 0. The summed E-state index contributed by atoms with van der Waals surface area (Å²) in [4.78, 5) is 16.3. The quantitative estimate of drug-likeness (QED) is 0.890. The Bertz CT molecular complexity index is 651. The molecule has 5 heteroatoms. The summed E-state index contributed by atoms with van der Waals surface area (Å²) in [6, 6.07) is 11.1. The van der Waals surface area contributed by atoms with Crippen molar-refractivity contribution in [2.75, 3.05) is 11.9 Å². The van der Waals surface area contributed by atoms with Gasteiger partial charge in [-0.15, -0.1) is 0 Å². The van der Waals surface area contributed by atoms with Gasteiger partial charge in [0.05, 0.1) is 12.0 Å². The summed E-state index contributed by atoms with van der Waals surface area (Å²) >= 11 is 0. The van der Waals surface area contributed by atoms with Crippen LogP contribution in [0.2, 0.25) is 0 Å². The summed E-state index contributed by atoms with van der Waals surface area (Å²) in [5, 5.41) is 12.0. The number of aliphatic hydroxyl groups excluding tert-OH is 1. The maximum Gasteiger partial charge on any atom is 0.233 e. The minimum atomic E-state index is -0.890. The van der Waals surface area contributed by atoms with E-state index in [0.29, 0.717) is 17.3 Å². The lowest BCUT2D eigenvalue weighted by Crippen LogP contribution is -2.34. The average molecular weight is 300 g/mol. The summed E-state index contributed by atoms with van der Waals surface area (Å²) in [6.45, 7) is 5.06. The molecule has 0 aliphatic rings. The molecule has 5 nitrogen and oxygen atoms in total. The molecule has 0 radical (unpaired) electrons. The number of carbonyl (C=O) groups excluding carboxylic acids is 1. The van der Waals surface area contributed by atoms with Crippen LogP contribution in [0.15, 0.2) is 42.6 Å². The Morgan fingerprint density at radius 1 is 1.27 bits per heavy atom. The molecule has 0 spiro atoms. The van der Waals surface area contributed by atoms with Gasteiger partial charge >= 0.3 is 0 Å². The van der Waals surface area contributed by atoms with Crippen molar-refractivity contribution in [1.29, 1.82) is 0 Å². The van der Waals surface area contributed by atoms with Crippen LogP contribution in [-0.4, -0.2) is 22.6 Å². The van der Waals surface area contributed by atoms with Gasteiger partial charge in [-0.2, -0.15) is 0 Å². The molecule has 116 valence electrons. The van der Waals surface area contributed by atoms with Gasteiger partial charge in [0, 0.05) is 6.20 Å². The number of amides is 1. The van der Waals surface area contributed by atoms with Crippen LogP contribution in [-0.2, 0) is 4.79 Å². The van der Waals surface area contributed by atoms with E-state index in [4.69, 9.17) is 4.74 Å². The fourth-order valence-corrected chi connectivity index (χ4v) is 1.65. The molecule has 0 unspecified atom stereocenters. The number of benzene rings is 1. The molecule has 0 fully saturated rings. The van der Waals surface area contributed by atoms with Crippen molar-refractivity contribution in [1.82, 2.24) is 4.98 Å². The van der Waals surface area contributed by atoms with Gasteiger partial charge in [-0.3, -0.25) is 4.79 Å². The normalized spacial score (nSPS) is 11.1. The largest absolute Gasteiger partial charge is 0.453 e. The van der Waals surface area contributed by atoms with E-state index in [1.165, 1.54) is 0 Å². The van der Waals surface area contributed by atoms with Gasteiger partial charge in [0.25, 0.3) is 0 Å². The van der Waals surface area contributed by atoms with Gasteiger partial charge in [0.15, 0.2) is 11.6 Å². The molecular weight excluding hydrogens is 280 g/mol. The number of rotatable bonds is 5. The molecule has 1 heterocycles. The maximum atomic E-state index is 12.1. The highest BCUT2D eigenvalue weighted by atomic mass is 16.5. The lowest BCUT2D eigenvalue weighted by Gasteiger charge is -2.21. The zero-order valence-corrected chi connectivity index (χ0v) is 13.0. The van der Waals surface area contributed by atoms with Crippen LogP contribution < -0.4 is 10.1 Å². The number of aliphatic hydroxyl groups is 1. The highest BCUT2D eigenvalue weighted by Gasteiger charge is 2.27. The third-order valence-electron chi connectivity index (χ3n) is 3.26. The smallest absolute Gasteiger partial charge is 0.233 e. The summed E-state index contributed by atoms with van der Waals surface area (Å²) < 4.78 is 5.77. The van der Waals surface area contributed by atoms with Crippen LogP contribution >= 0.6 is 0 Å². The van der Waals surface area contributed by atoms with Crippen molar-refractivity contribution in [3.05, 3.63) is 48.2 Å². The molecule has 0 aliphatic carbocycles. The van der Waals surface area contributed by atoms with Crippen molar-refractivity contribution in [2.24, 2.45) is 5.41 Å². The first kappa shape index (κ1) is 16.0. The van der Waals surface area contributed by atoms with Crippen molar-refractivity contribution in [3.63, 3.8) is 0 Å². The van der Waals surface area contributed by atoms with Crippen molar-refractivity contribution >= 4 is 11.7 Å². The second kappa shape index (κ2) is 6.58. The topological polar surface area (TPSA) is 71.5 Å². The molecule has 2 rings (SSSR count). The monoisotopic (exact) mass is 300 g/mol. The molecule has 0 saturated heterocycles. The molecule has 0 atom stereocenters. The maximum absolute atomic E-state index is 12.1. The molecule has 0 saturated carbocycles. The van der Waals surface area contributed by atoms with Gasteiger partial charge in [-0.05, 0) is 45.0 Å². The van der Waals surface area contributed by atoms with Crippen LogP contribution in [0.5, 0.6) is 11.5 Å². The van der Waals surface area contributed by atoms with E-state index in [2.05, 4.69) is 10.3 Å². The Kier molecular flexibility index (Phi) is 4.78. The van der Waals surface area contributed by atoms with E-state index in [1.54, 1.807) is 32.2 Å². The van der Waals surface area contributed by atoms with Gasteiger partial charge in [-0.1, -0.05) is 17.7 Å². The molecule has 22 heavy (non-hydrogen) atoms. The predicted molar refractivity (Wildman–Crippen MR) is 85.0 cm³/mol. The van der Waals surface area contributed by atoms with Crippen LogP contribution in [0.3, 0.4) is 0 Å². The number of hydrogen-bond donors (Lipinski definition) is 2. The molecular formula is C17H20N2O3. The van der Waals surface area contributed by atoms with E-state index in [0.717, 1.165) is 5.56 Å². The first-order valence-electron chi connectivity index (χ1n) is 7.04. The second-order valence-electron chi connectivity index (χ2n) is 5.76. The average Bonchev–Trinajstić information content (AvgIpc) is 2.51. The van der Waals surface area contributed by atoms with Gasteiger partial charge in [0.1, 0.15) is 5.75 Å². The second-order valence-corrected chi connectivity index (χ2v) is 5.76. The van der Waals surface area contributed by atoms with Crippen molar-refractivity contribution in [2.45, 2.75) is 20.8 Å². The Labute approximate surface area is 130 Å². The predicted octanol–water partition coefficient (Wildman–Crippen LogP) is 3.14. The third-order valence-corrected chi connectivity index (χ3v) is 3.26. The molecule has 1 aromatic heterocycles. The Morgan fingerprint density at radius 2 is 1.95 bits per heavy atom. The molecule has 0 aliphatic heterocycles. The lowest BCUT2D eigenvalue weighted by molar-refractivity contribution is -0.125. The molecule has 1 amide bonds. The third kappa shape index (κ3) is 3.83. The highest BCUT2D eigenvalue weighted by Crippen LogP contribution is 2.28. The Morgan fingerprint density at radius 3 is 2.59 bits per heavy atom.